The zero-order valence-corrected chi connectivity index (χ0v) is 9.40. The van der Waals surface area contributed by atoms with E-state index in [1.165, 1.54) is 0 Å². The van der Waals surface area contributed by atoms with Crippen molar-refractivity contribution in [1.29, 1.82) is 0 Å². The summed E-state index contributed by atoms with van der Waals surface area (Å²) >= 11 is 6.10. The van der Waals surface area contributed by atoms with Gasteiger partial charge in [-0.05, 0) is 6.42 Å². The summed E-state index contributed by atoms with van der Waals surface area (Å²) < 4.78 is 0. The third-order valence-corrected chi connectivity index (χ3v) is 1.94. The SMILES string of the molecule is Br.O=C(O)C(Br)CCBr. The number of carboxylic acids is 1. The molecule has 0 saturated heterocycles. The zero-order valence-electron chi connectivity index (χ0n) is 4.51. The molecule has 5 heteroatoms. The van der Waals surface area contributed by atoms with Crippen molar-refractivity contribution in [2.24, 2.45) is 0 Å². The predicted octanol–water partition coefficient (Wildman–Crippen LogP) is 2.20. The molecule has 2 nitrogen and oxygen atoms in total. The van der Waals surface area contributed by atoms with Gasteiger partial charge in [0.2, 0.25) is 0 Å². The van der Waals surface area contributed by atoms with Gasteiger partial charge < -0.3 is 5.11 Å². The Morgan fingerprint density at radius 2 is 2.11 bits per heavy atom. The number of carbonyl (C=O) groups is 1. The zero-order chi connectivity index (χ0) is 6.57. The number of carboxylic acid groups (broad SMARTS) is 1. The van der Waals surface area contributed by atoms with Gasteiger partial charge in [-0.25, -0.2) is 0 Å². The second-order valence-corrected chi connectivity index (χ2v) is 3.18. The molecule has 0 fully saturated rings. The van der Waals surface area contributed by atoms with Crippen molar-refractivity contribution in [3.8, 4) is 0 Å². The highest BCUT2D eigenvalue weighted by molar-refractivity contribution is 9.10. The van der Waals surface area contributed by atoms with E-state index >= 15 is 0 Å². The maximum atomic E-state index is 10.0. The van der Waals surface area contributed by atoms with E-state index in [9.17, 15) is 4.79 Å². The Hall–Kier alpha value is 0.910. The van der Waals surface area contributed by atoms with Gasteiger partial charge in [0.1, 0.15) is 4.83 Å². The largest absolute Gasteiger partial charge is 0.480 e. The van der Waals surface area contributed by atoms with Crippen LogP contribution in [0.2, 0.25) is 0 Å². The minimum absolute atomic E-state index is 0. The highest BCUT2D eigenvalue weighted by Gasteiger charge is 2.10. The molecule has 0 rings (SSSR count). The van der Waals surface area contributed by atoms with Crippen LogP contribution in [0.3, 0.4) is 0 Å². The summed E-state index contributed by atoms with van der Waals surface area (Å²) in [7, 11) is 0. The number of hydrogen-bond acceptors (Lipinski definition) is 1. The van der Waals surface area contributed by atoms with Crippen molar-refractivity contribution in [3.05, 3.63) is 0 Å². The summed E-state index contributed by atoms with van der Waals surface area (Å²) in [6.07, 6.45) is 0.620. The van der Waals surface area contributed by atoms with E-state index in [4.69, 9.17) is 5.11 Å². The van der Waals surface area contributed by atoms with Crippen LogP contribution in [-0.2, 0) is 4.79 Å². The lowest BCUT2D eigenvalue weighted by Gasteiger charge is -1.97. The molecule has 1 unspecified atom stereocenters. The van der Waals surface area contributed by atoms with Gasteiger partial charge >= 0.3 is 5.97 Å². The van der Waals surface area contributed by atoms with Gasteiger partial charge in [0.05, 0.1) is 0 Å². The normalized spacial score (nSPS) is 11.8. The van der Waals surface area contributed by atoms with Gasteiger partial charge in [-0.3, -0.25) is 4.79 Å². The molecule has 0 aromatic carbocycles. The molecule has 56 valence electrons. The fourth-order valence-electron chi connectivity index (χ4n) is 0.219. The Morgan fingerprint density at radius 3 is 2.22 bits per heavy atom. The lowest BCUT2D eigenvalue weighted by Crippen LogP contribution is -2.12. The molecule has 0 radical (unpaired) electrons. The summed E-state index contributed by atoms with van der Waals surface area (Å²) in [5.41, 5.74) is 0. The van der Waals surface area contributed by atoms with Crippen molar-refractivity contribution < 1.29 is 9.90 Å². The van der Waals surface area contributed by atoms with Gasteiger partial charge in [-0.2, -0.15) is 0 Å². The van der Waals surface area contributed by atoms with E-state index in [0.717, 1.165) is 5.33 Å². The second kappa shape index (κ2) is 7.02. The summed E-state index contributed by atoms with van der Waals surface area (Å²) in [4.78, 5) is 9.62. The van der Waals surface area contributed by atoms with Gasteiger partial charge in [-0.15, -0.1) is 17.0 Å². The average molecular weight is 327 g/mol. The Morgan fingerprint density at radius 1 is 1.67 bits per heavy atom. The highest BCUT2D eigenvalue weighted by atomic mass is 79.9. The van der Waals surface area contributed by atoms with Crippen LogP contribution >= 0.6 is 48.8 Å². The van der Waals surface area contributed by atoms with E-state index in [-0.39, 0.29) is 17.0 Å². The number of alkyl halides is 2. The smallest absolute Gasteiger partial charge is 0.317 e. The van der Waals surface area contributed by atoms with Crippen LogP contribution in [-0.4, -0.2) is 21.2 Å². The lowest BCUT2D eigenvalue weighted by atomic mass is 10.3. The van der Waals surface area contributed by atoms with Crippen molar-refractivity contribution in [3.63, 3.8) is 0 Å². The lowest BCUT2D eigenvalue weighted by molar-refractivity contribution is -0.136. The molecule has 0 bridgehead atoms. The first kappa shape index (κ1) is 12.6. The molecule has 0 saturated carbocycles. The Bertz CT molecular complexity index is 85.9. The first-order chi connectivity index (χ1) is 3.68. The molecule has 0 aliphatic carbocycles. The Kier molecular flexibility index (Phi) is 9.81. The fraction of sp³-hybridized carbons (Fsp3) is 0.750. The molecular weight excluding hydrogens is 320 g/mol. The van der Waals surface area contributed by atoms with Gasteiger partial charge in [0.25, 0.3) is 0 Å². The monoisotopic (exact) mass is 324 g/mol. The topological polar surface area (TPSA) is 37.3 Å². The van der Waals surface area contributed by atoms with Crippen molar-refractivity contribution in [2.75, 3.05) is 5.33 Å². The molecule has 0 spiro atoms. The minimum Gasteiger partial charge on any atom is -0.480 e. The van der Waals surface area contributed by atoms with E-state index < -0.39 is 10.8 Å². The molecule has 0 aromatic heterocycles. The molecule has 0 aliphatic heterocycles. The van der Waals surface area contributed by atoms with Crippen LogP contribution in [0.25, 0.3) is 0 Å². The van der Waals surface area contributed by atoms with Crippen LogP contribution in [0.5, 0.6) is 0 Å². The quantitative estimate of drug-likeness (QED) is 0.807. The first-order valence-corrected chi connectivity index (χ1v) is 4.15. The van der Waals surface area contributed by atoms with E-state index in [1.807, 2.05) is 0 Å². The van der Waals surface area contributed by atoms with E-state index in [1.54, 1.807) is 0 Å². The van der Waals surface area contributed by atoms with E-state index in [2.05, 4.69) is 31.9 Å². The van der Waals surface area contributed by atoms with Gasteiger partial charge in [0.15, 0.2) is 0 Å². The van der Waals surface area contributed by atoms with Crippen molar-refractivity contribution >= 4 is 54.8 Å². The second-order valence-electron chi connectivity index (χ2n) is 1.28. The standard InChI is InChI=1S/C4H6Br2O2.BrH/c5-2-1-3(6)4(7)8;/h3H,1-2H2,(H,7,8);1H. The number of aliphatic carboxylic acids is 1. The molecule has 0 aromatic rings. The molecule has 0 heterocycles. The minimum atomic E-state index is -0.801. The van der Waals surface area contributed by atoms with Crippen molar-refractivity contribution in [1.82, 2.24) is 0 Å². The molecule has 9 heavy (non-hydrogen) atoms. The first-order valence-electron chi connectivity index (χ1n) is 2.11. The maximum Gasteiger partial charge on any atom is 0.317 e. The van der Waals surface area contributed by atoms with Crippen LogP contribution in [0.15, 0.2) is 0 Å². The number of halogens is 3. The number of rotatable bonds is 3. The average Bonchev–Trinajstić information content (AvgIpc) is 1.67. The third-order valence-electron chi connectivity index (χ3n) is 0.631. The van der Waals surface area contributed by atoms with Gasteiger partial charge in [-0.1, -0.05) is 31.9 Å². The molecule has 0 aliphatic rings. The molecular formula is C4H7Br3O2. The third kappa shape index (κ3) is 6.80. The summed E-state index contributed by atoms with van der Waals surface area (Å²) in [5, 5.41) is 8.96. The predicted molar refractivity (Wildman–Crippen MR) is 49.1 cm³/mol. The molecule has 0 amide bonds. The Labute approximate surface area is 81.0 Å². The summed E-state index contributed by atoms with van der Waals surface area (Å²) in [6.45, 7) is 0. The van der Waals surface area contributed by atoms with Crippen LogP contribution in [0.1, 0.15) is 6.42 Å². The fourth-order valence-corrected chi connectivity index (χ4v) is 1.52. The van der Waals surface area contributed by atoms with Crippen LogP contribution in [0.4, 0.5) is 0 Å². The van der Waals surface area contributed by atoms with E-state index in [0.29, 0.717) is 6.42 Å². The highest BCUT2D eigenvalue weighted by Crippen LogP contribution is 2.05. The number of hydrogen-bond donors (Lipinski definition) is 1. The molecule has 1 atom stereocenters. The van der Waals surface area contributed by atoms with Crippen LogP contribution < -0.4 is 0 Å². The Balaban J connectivity index is 0. The van der Waals surface area contributed by atoms with Gasteiger partial charge in [0, 0.05) is 5.33 Å². The van der Waals surface area contributed by atoms with Crippen molar-refractivity contribution in [2.45, 2.75) is 11.2 Å². The molecule has 1 N–H and O–H groups in total. The summed E-state index contributed by atoms with van der Waals surface area (Å²) in [5.74, 6) is -0.801. The maximum absolute atomic E-state index is 10.0. The van der Waals surface area contributed by atoms with Crippen LogP contribution in [0, 0.1) is 0 Å². The summed E-state index contributed by atoms with van der Waals surface area (Å²) in [6, 6.07) is 0.